The Morgan fingerprint density at radius 2 is 1.32 bits per heavy atom. The van der Waals surface area contributed by atoms with Crippen LogP contribution in [0.25, 0.3) is 0 Å². The second kappa shape index (κ2) is 36.0. The quantitative estimate of drug-likeness (QED) is 0.0449. The van der Waals surface area contributed by atoms with Crippen molar-refractivity contribution in [2.75, 3.05) is 47.2 Å². The first-order chi connectivity index (χ1) is 40.9. The van der Waals surface area contributed by atoms with Gasteiger partial charge in [-0.3, -0.25) is 43.3 Å². The largest absolute Gasteiger partial charge is 0.445 e. The Morgan fingerprint density at radius 1 is 0.713 bits per heavy atom. The van der Waals surface area contributed by atoms with Crippen LogP contribution in [-0.4, -0.2) is 176 Å². The number of carbonyl (C=O) groups is 9. The van der Waals surface area contributed by atoms with Crippen LogP contribution in [-0.2, 0) is 59.2 Å². The summed E-state index contributed by atoms with van der Waals surface area (Å²) in [6.07, 6.45) is -1.12. The monoisotopic (exact) mass is 1220 g/mol. The average Bonchev–Trinajstić information content (AvgIpc) is 3.11. The Kier molecular flexibility index (Phi) is 30.8. The number of ether oxygens (including phenoxy) is 3. The Balaban J connectivity index is 1.71. The highest BCUT2D eigenvalue weighted by Crippen LogP contribution is 2.30. The van der Waals surface area contributed by atoms with Crippen molar-refractivity contribution in [1.29, 1.82) is 0 Å². The maximum atomic E-state index is 14.8. The number of methoxy groups -OCH3 is 2. The van der Waals surface area contributed by atoms with Crippen molar-refractivity contribution < 1.29 is 62.5 Å². The van der Waals surface area contributed by atoms with Crippen LogP contribution in [0.4, 0.5) is 10.5 Å². The first-order valence-electron chi connectivity index (χ1n) is 30.8. The minimum absolute atomic E-state index is 0.0836. The molecule has 488 valence electrons. The molecule has 23 nitrogen and oxygen atoms in total. The van der Waals surface area contributed by atoms with Crippen molar-refractivity contribution in [2.24, 2.45) is 41.2 Å². The fraction of sp³-hybridized carbons (Fsp3) is 0.672. The average molecular weight is 1220 g/mol. The molecular weight excluding hydrogens is 1120 g/mol. The number of primary amides is 1. The van der Waals surface area contributed by atoms with Crippen LogP contribution in [0.3, 0.4) is 0 Å². The van der Waals surface area contributed by atoms with E-state index in [0.29, 0.717) is 49.0 Å². The molecule has 1 heterocycles. The molecule has 9 amide bonds. The molecule has 87 heavy (non-hydrogen) atoms. The molecule has 1 fully saturated rings. The molecule has 1 aliphatic rings. The van der Waals surface area contributed by atoms with Gasteiger partial charge in [0.05, 0.1) is 54.8 Å². The number of amides is 9. The van der Waals surface area contributed by atoms with E-state index >= 15 is 0 Å². The summed E-state index contributed by atoms with van der Waals surface area (Å²) in [6, 6.07) is 8.96. The highest BCUT2D eigenvalue weighted by molar-refractivity contribution is 5.99. The standard InChI is InChI=1S/C64H104N10O13/c1-18-40(10)55(49(85-16)34-51(76)74-32-22-25-48(74)57(86-17)41(11)58(78)67-42(12)56(77)44-23-20-19-21-24-44)72(14)63(83)53(38(6)7)71-62(82)54(39(8)9)73(15)64(84)87-35-43-26-28-45(29-27-43)68-59(79)46(30-31-50(65)75)69-61(81)52(37(4)5)70-60(80)47(66-13)33-36(2)3/h19-21,23-24,26-29,36-42,46-49,52-57,66,77H,18,22,25,30-35H2,1-17H3,(H2,65,75)(H,67,78)(H,68,79)(H,69,81)(H,70,80)(H,71,82)/t40-,41+,42+,46-,47+,48-,49+,52-,53-,54-,55-,56+,57+/m0/s1. The summed E-state index contributed by atoms with van der Waals surface area (Å²) in [5.41, 5.74) is 6.96. The molecule has 0 aliphatic carbocycles. The summed E-state index contributed by atoms with van der Waals surface area (Å²) >= 11 is 0. The van der Waals surface area contributed by atoms with E-state index in [1.165, 1.54) is 26.2 Å². The number of hydrogen-bond donors (Lipinski definition) is 8. The van der Waals surface area contributed by atoms with Gasteiger partial charge >= 0.3 is 6.09 Å². The first kappa shape index (κ1) is 74.6. The summed E-state index contributed by atoms with van der Waals surface area (Å²) < 4.78 is 17.7. The lowest BCUT2D eigenvalue weighted by molar-refractivity contribution is -0.148. The Labute approximate surface area is 516 Å². The van der Waals surface area contributed by atoms with Gasteiger partial charge in [0, 0.05) is 47.0 Å². The summed E-state index contributed by atoms with van der Waals surface area (Å²) in [6.45, 7) is 22.3. The first-order valence-corrected chi connectivity index (χ1v) is 30.8. The van der Waals surface area contributed by atoms with E-state index in [9.17, 15) is 48.3 Å². The van der Waals surface area contributed by atoms with E-state index in [4.69, 9.17) is 19.9 Å². The molecular formula is C64H104N10O13. The van der Waals surface area contributed by atoms with Gasteiger partial charge in [0.25, 0.3) is 0 Å². The second-order valence-electron chi connectivity index (χ2n) is 24.8. The van der Waals surface area contributed by atoms with Crippen molar-refractivity contribution in [3.8, 4) is 0 Å². The molecule has 2 aromatic carbocycles. The predicted molar refractivity (Wildman–Crippen MR) is 333 cm³/mol. The number of benzene rings is 2. The summed E-state index contributed by atoms with van der Waals surface area (Å²) in [5, 5.41) is 28.1. The second-order valence-corrected chi connectivity index (χ2v) is 24.8. The molecule has 0 saturated carbocycles. The van der Waals surface area contributed by atoms with Gasteiger partial charge < -0.3 is 66.8 Å². The molecule has 23 heteroatoms. The molecule has 13 atom stereocenters. The molecule has 0 bridgehead atoms. The molecule has 0 aromatic heterocycles. The number of aliphatic hydroxyl groups is 1. The number of nitrogens with one attached hydrogen (secondary N) is 6. The van der Waals surface area contributed by atoms with Crippen LogP contribution in [0.5, 0.6) is 0 Å². The van der Waals surface area contributed by atoms with E-state index in [1.54, 1.807) is 116 Å². The van der Waals surface area contributed by atoms with Crippen molar-refractivity contribution in [3.05, 3.63) is 65.7 Å². The van der Waals surface area contributed by atoms with Crippen LogP contribution < -0.4 is 37.6 Å². The molecule has 3 rings (SSSR count). The lowest BCUT2D eigenvalue weighted by atomic mass is 9.89. The number of rotatable bonds is 35. The van der Waals surface area contributed by atoms with Gasteiger partial charge in [-0.15, -0.1) is 0 Å². The Morgan fingerprint density at radius 3 is 1.85 bits per heavy atom. The minimum atomic E-state index is -1.19. The van der Waals surface area contributed by atoms with E-state index in [0.717, 1.165) is 0 Å². The van der Waals surface area contributed by atoms with Crippen LogP contribution in [0.1, 0.15) is 145 Å². The lowest BCUT2D eigenvalue weighted by Gasteiger charge is -2.41. The molecule has 2 aromatic rings. The van der Waals surface area contributed by atoms with Gasteiger partial charge in [-0.25, -0.2) is 4.79 Å². The highest BCUT2D eigenvalue weighted by atomic mass is 16.6. The van der Waals surface area contributed by atoms with Crippen LogP contribution in [0, 0.1) is 35.5 Å². The fourth-order valence-corrected chi connectivity index (χ4v) is 11.3. The number of carbonyl (C=O) groups excluding carboxylic acids is 9. The van der Waals surface area contributed by atoms with Crippen molar-refractivity contribution in [1.82, 2.24) is 41.3 Å². The number of nitrogens with two attached hydrogens (primary N) is 1. The molecule has 0 unspecified atom stereocenters. The molecule has 9 N–H and O–H groups in total. The normalized spacial score (nSPS) is 17.5. The van der Waals surface area contributed by atoms with Gasteiger partial charge in [-0.2, -0.15) is 0 Å². The topological polar surface area (TPSA) is 309 Å². The van der Waals surface area contributed by atoms with E-state index in [2.05, 4.69) is 31.9 Å². The number of anilines is 1. The maximum Gasteiger partial charge on any atom is 0.410 e. The molecule has 0 radical (unpaired) electrons. The van der Waals surface area contributed by atoms with Crippen molar-refractivity contribution in [2.45, 2.75) is 201 Å². The third kappa shape index (κ3) is 21.8. The minimum Gasteiger partial charge on any atom is -0.445 e. The summed E-state index contributed by atoms with van der Waals surface area (Å²) in [5.74, 6) is -5.64. The lowest BCUT2D eigenvalue weighted by Crippen LogP contribution is -2.60. The smallest absolute Gasteiger partial charge is 0.410 e. The molecule has 1 saturated heterocycles. The van der Waals surface area contributed by atoms with Gasteiger partial charge in [-0.1, -0.05) is 125 Å². The number of aliphatic hydroxyl groups excluding tert-OH is 1. The third-order valence-electron chi connectivity index (χ3n) is 16.6. The Hall–Kier alpha value is -6.69. The van der Waals surface area contributed by atoms with E-state index in [-0.39, 0.29) is 61.3 Å². The van der Waals surface area contributed by atoms with Crippen molar-refractivity contribution in [3.63, 3.8) is 0 Å². The molecule has 0 spiro atoms. The summed E-state index contributed by atoms with van der Waals surface area (Å²) in [4.78, 5) is 128. The van der Waals surface area contributed by atoms with Crippen LogP contribution >= 0.6 is 0 Å². The van der Waals surface area contributed by atoms with Gasteiger partial charge in [0.1, 0.15) is 30.8 Å². The summed E-state index contributed by atoms with van der Waals surface area (Å²) in [7, 11) is 7.77. The van der Waals surface area contributed by atoms with Crippen LogP contribution in [0.15, 0.2) is 54.6 Å². The number of likely N-dealkylation sites (tertiary alicyclic amines) is 1. The van der Waals surface area contributed by atoms with Gasteiger partial charge in [-0.05, 0) is 92.5 Å². The third-order valence-corrected chi connectivity index (χ3v) is 16.6. The van der Waals surface area contributed by atoms with Gasteiger partial charge in [0.15, 0.2) is 0 Å². The van der Waals surface area contributed by atoms with E-state index < -0.39 is 120 Å². The molecule has 1 aliphatic heterocycles. The number of likely N-dealkylation sites (N-methyl/N-ethyl adjacent to an activating group) is 3. The van der Waals surface area contributed by atoms with E-state index in [1.807, 2.05) is 45.9 Å². The number of nitrogens with zero attached hydrogens (tertiary/aromatic N) is 3. The zero-order chi connectivity index (χ0) is 65.6. The zero-order valence-corrected chi connectivity index (χ0v) is 54.6. The van der Waals surface area contributed by atoms with Gasteiger partial charge in [0.2, 0.25) is 47.3 Å². The van der Waals surface area contributed by atoms with Crippen LogP contribution in [0.2, 0.25) is 0 Å². The van der Waals surface area contributed by atoms with Crippen molar-refractivity contribution >= 4 is 59.0 Å². The highest BCUT2D eigenvalue weighted by Gasteiger charge is 2.44. The number of hydrogen-bond acceptors (Lipinski definition) is 14. The Bertz CT molecular complexity index is 2550. The predicted octanol–water partition coefficient (Wildman–Crippen LogP) is 5.04. The SMILES string of the molecule is CC[C@H](C)[C@@H]([C@@H](CC(=O)N1CCC[C@H]1[C@H](OC)[C@@H](C)C(=O)N[C@H](C)[C@@H](O)c1ccccc1)OC)N(C)C(=O)[C@@H](NC(=O)[C@H](C(C)C)N(C)C(=O)OCc1ccc(NC(=O)[C@H](CCC(N)=O)NC(=O)[C@@H](NC(=O)[C@@H](CC(C)C)NC)C(C)C)cc1)C(C)C. The fourth-order valence-electron chi connectivity index (χ4n) is 11.3. The zero-order valence-electron chi connectivity index (χ0n) is 54.6. The maximum absolute atomic E-state index is 14.8.